The number of hydrogen-bond donors (Lipinski definition) is 0. The fraction of sp³-hybridized carbons (Fsp3) is 0.458. The van der Waals surface area contributed by atoms with Crippen LogP contribution in [0.1, 0.15) is 25.0 Å². The summed E-state index contributed by atoms with van der Waals surface area (Å²) in [7, 11) is 5.00. The number of aromatic nitrogens is 3. The van der Waals surface area contributed by atoms with Crippen molar-refractivity contribution in [2.24, 2.45) is 0 Å². The Kier molecular flexibility index (Phi) is 9.71. The van der Waals surface area contributed by atoms with Gasteiger partial charge in [0.05, 0.1) is 14.2 Å². The van der Waals surface area contributed by atoms with Gasteiger partial charge >= 0.3 is 0 Å². The molecule has 0 N–H and O–H groups in total. The Morgan fingerprint density at radius 2 is 1.89 bits per heavy atom. The van der Waals surface area contributed by atoms with Crippen molar-refractivity contribution in [2.45, 2.75) is 26.2 Å². The van der Waals surface area contributed by atoms with Crippen LogP contribution in [0.3, 0.4) is 0 Å². The van der Waals surface area contributed by atoms with E-state index in [0.717, 1.165) is 43.2 Å². The summed E-state index contributed by atoms with van der Waals surface area (Å²) < 4.78 is 21.5. The molecule has 0 radical (unpaired) electrons. The number of methoxy groups -OCH3 is 2. The van der Waals surface area contributed by atoms with Crippen molar-refractivity contribution in [3.05, 3.63) is 36.1 Å². The summed E-state index contributed by atoms with van der Waals surface area (Å²) in [4.78, 5) is 14.3. The maximum atomic E-state index is 12.3. The first kappa shape index (κ1) is 27.0. The third-order valence-electron chi connectivity index (χ3n) is 5.86. The average Bonchev–Trinajstić information content (AvgIpc) is 3.52. The molecule has 3 heterocycles. The molecular weight excluding hydrogens is 613 g/mol. The first-order valence-corrected chi connectivity index (χ1v) is 16.2. The van der Waals surface area contributed by atoms with Crippen LogP contribution in [0.25, 0.3) is 17.3 Å². The number of anilines is 1. The van der Waals surface area contributed by atoms with Gasteiger partial charge in [-0.3, -0.25) is 13.7 Å². The number of rotatable bonds is 12. The maximum Gasteiger partial charge on any atom is 0.242 e. The molecule has 0 aliphatic carbocycles. The molecule has 9 nitrogen and oxygen atoms in total. The van der Waals surface area contributed by atoms with E-state index in [9.17, 15) is 4.79 Å². The molecule has 1 aliphatic heterocycles. The van der Waals surface area contributed by atoms with Gasteiger partial charge < -0.3 is 18.8 Å². The summed E-state index contributed by atoms with van der Waals surface area (Å²) in [5.74, 6) is 5.73. The van der Waals surface area contributed by atoms with Crippen molar-refractivity contribution in [3.63, 3.8) is 0 Å². The zero-order chi connectivity index (χ0) is 25.5. The number of hydrogen-bond acceptors (Lipinski definition) is 9. The molecular formula is C24H30IN5O4S2. The zero-order valence-corrected chi connectivity index (χ0v) is 24.4. The van der Waals surface area contributed by atoms with Gasteiger partial charge in [-0.2, -0.15) is 0 Å². The normalized spacial score (nSPS) is 13.8. The van der Waals surface area contributed by atoms with Crippen LogP contribution < -0.4 is 13.8 Å². The third-order valence-corrected chi connectivity index (χ3v) is 8.54. The zero-order valence-electron chi connectivity index (χ0n) is 20.6. The Hall–Kier alpha value is -2.06. The Morgan fingerprint density at radius 3 is 2.53 bits per heavy atom. The summed E-state index contributed by atoms with van der Waals surface area (Å²) in [6, 6.07) is 9.46. The molecule has 0 saturated carbocycles. The van der Waals surface area contributed by atoms with Gasteiger partial charge in [-0.25, -0.2) is 0 Å². The van der Waals surface area contributed by atoms with E-state index in [-0.39, 0.29) is 5.91 Å². The van der Waals surface area contributed by atoms with E-state index in [2.05, 4.69) is 35.7 Å². The van der Waals surface area contributed by atoms with Crippen LogP contribution in [0.5, 0.6) is 11.5 Å². The standard InChI is InChI=1S/C24H30IN5O4S2/c1-17-10-11-20(34-17)23-26-27-24(30(23)22-18(32-2)7-6-8-19(22)33-3)29(14-15-35-25)36-16-13-28-12-5-4-9-21(28)31/h6-8,10-11H,4-5,9,12-16H2,1-3H3. The SMILES string of the molecule is COc1cccc(OC)c1-n1c(-c2ccc(C)o2)nnc1N(CCSI)SCCN1CCCCC1=O. The predicted octanol–water partition coefficient (Wildman–Crippen LogP) is 5.40. The molecule has 0 bridgehead atoms. The highest BCUT2D eigenvalue weighted by Crippen LogP contribution is 2.39. The number of piperidine rings is 1. The van der Waals surface area contributed by atoms with E-state index in [1.165, 1.54) is 0 Å². The fourth-order valence-corrected chi connectivity index (χ4v) is 6.04. The van der Waals surface area contributed by atoms with E-state index in [1.807, 2.05) is 46.7 Å². The highest BCUT2D eigenvalue weighted by atomic mass is 127. The second-order valence-corrected chi connectivity index (χ2v) is 11.8. The van der Waals surface area contributed by atoms with E-state index in [0.29, 0.717) is 47.7 Å². The average molecular weight is 644 g/mol. The van der Waals surface area contributed by atoms with Crippen molar-refractivity contribution < 1.29 is 18.7 Å². The number of nitrogens with zero attached hydrogens (tertiary/aromatic N) is 5. The molecule has 4 rings (SSSR count). The van der Waals surface area contributed by atoms with Crippen molar-refractivity contribution >= 4 is 53.9 Å². The lowest BCUT2D eigenvalue weighted by atomic mass is 10.1. The van der Waals surface area contributed by atoms with E-state index in [4.69, 9.17) is 13.9 Å². The smallest absolute Gasteiger partial charge is 0.242 e. The molecule has 0 atom stereocenters. The van der Waals surface area contributed by atoms with Crippen LogP contribution in [-0.2, 0) is 4.79 Å². The van der Waals surface area contributed by atoms with Crippen molar-refractivity contribution in [3.8, 4) is 28.8 Å². The lowest BCUT2D eigenvalue weighted by Crippen LogP contribution is -2.37. The summed E-state index contributed by atoms with van der Waals surface area (Å²) in [6.45, 7) is 4.17. The molecule has 1 aromatic carbocycles. The molecule has 194 valence electrons. The number of ether oxygens (including phenoxy) is 2. The van der Waals surface area contributed by atoms with Crippen LogP contribution in [0.4, 0.5) is 5.95 Å². The van der Waals surface area contributed by atoms with Gasteiger partial charge in [0, 0.05) is 37.6 Å². The summed E-state index contributed by atoms with van der Waals surface area (Å²) in [5.41, 5.74) is 0.700. The topological polar surface area (TPSA) is 85.9 Å². The van der Waals surface area contributed by atoms with Gasteiger partial charge in [0.25, 0.3) is 0 Å². The fourth-order valence-electron chi connectivity index (χ4n) is 4.11. The summed E-state index contributed by atoms with van der Waals surface area (Å²) >= 11 is 3.95. The molecule has 36 heavy (non-hydrogen) atoms. The van der Waals surface area contributed by atoms with Crippen molar-refractivity contribution in [2.75, 3.05) is 49.7 Å². The number of amides is 1. The Bertz CT molecular complexity index is 1150. The van der Waals surface area contributed by atoms with Gasteiger partial charge in [0.2, 0.25) is 17.7 Å². The number of benzene rings is 1. The maximum absolute atomic E-state index is 12.3. The first-order valence-electron chi connectivity index (χ1n) is 11.7. The number of carbonyl (C=O) groups is 1. The largest absolute Gasteiger partial charge is 0.494 e. The molecule has 2 aromatic heterocycles. The Balaban J connectivity index is 1.74. The van der Waals surface area contributed by atoms with E-state index in [1.54, 1.807) is 35.1 Å². The number of carbonyl (C=O) groups excluding carboxylic acids is 1. The minimum Gasteiger partial charge on any atom is -0.494 e. The predicted molar refractivity (Wildman–Crippen MR) is 154 cm³/mol. The number of halogens is 1. The van der Waals surface area contributed by atoms with Gasteiger partial charge in [-0.1, -0.05) is 15.0 Å². The number of aryl methyl sites for hydroxylation is 1. The first-order chi connectivity index (χ1) is 17.6. The Morgan fingerprint density at radius 1 is 1.11 bits per heavy atom. The minimum atomic E-state index is 0.244. The quantitative estimate of drug-likeness (QED) is 0.190. The Labute approximate surface area is 232 Å². The lowest BCUT2D eigenvalue weighted by molar-refractivity contribution is -0.132. The highest BCUT2D eigenvalue weighted by Gasteiger charge is 2.27. The number of furan rings is 1. The highest BCUT2D eigenvalue weighted by molar-refractivity contribution is 14.2. The summed E-state index contributed by atoms with van der Waals surface area (Å²) in [6.07, 6.45) is 2.70. The van der Waals surface area contributed by atoms with Crippen LogP contribution in [0, 0.1) is 6.92 Å². The van der Waals surface area contributed by atoms with E-state index >= 15 is 0 Å². The van der Waals surface area contributed by atoms with Crippen LogP contribution >= 0.6 is 42.1 Å². The second-order valence-electron chi connectivity index (χ2n) is 8.17. The third kappa shape index (κ3) is 6.08. The van der Waals surface area contributed by atoms with Crippen LogP contribution in [0.2, 0.25) is 0 Å². The van der Waals surface area contributed by atoms with Crippen LogP contribution in [0.15, 0.2) is 34.7 Å². The molecule has 0 spiro atoms. The van der Waals surface area contributed by atoms with Crippen molar-refractivity contribution in [1.82, 2.24) is 19.7 Å². The molecule has 12 heteroatoms. The van der Waals surface area contributed by atoms with Gasteiger partial charge in [-0.15, -0.1) is 10.2 Å². The molecule has 1 saturated heterocycles. The summed E-state index contributed by atoms with van der Waals surface area (Å²) in [5, 5.41) is 9.16. The molecule has 1 fully saturated rings. The van der Waals surface area contributed by atoms with Crippen molar-refractivity contribution in [1.29, 1.82) is 0 Å². The van der Waals surface area contributed by atoms with Gasteiger partial charge in [-0.05, 0) is 77.2 Å². The van der Waals surface area contributed by atoms with Gasteiger partial charge in [0.1, 0.15) is 22.9 Å². The lowest BCUT2D eigenvalue weighted by Gasteiger charge is -2.28. The minimum absolute atomic E-state index is 0.244. The number of para-hydroxylation sites is 1. The molecule has 3 aromatic rings. The monoisotopic (exact) mass is 643 g/mol. The second kappa shape index (κ2) is 13.0. The molecule has 0 unspecified atom stereocenters. The van der Waals surface area contributed by atoms with E-state index < -0.39 is 0 Å². The van der Waals surface area contributed by atoms with Crippen LogP contribution in [-0.4, -0.2) is 70.9 Å². The molecule has 1 amide bonds. The van der Waals surface area contributed by atoms with Gasteiger partial charge in [0.15, 0.2) is 5.76 Å². The molecule has 1 aliphatic rings. The number of likely N-dealkylation sites (tertiary alicyclic amines) is 1.